The number of hydrogen-bond donors (Lipinski definition) is 1. The Labute approximate surface area is 106 Å². The van der Waals surface area contributed by atoms with E-state index in [1.807, 2.05) is 24.3 Å². The minimum Gasteiger partial charge on any atom is -0.476 e. The number of halogens is 1. The maximum Gasteiger partial charge on any atom is 0.358 e. The summed E-state index contributed by atoms with van der Waals surface area (Å²) in [4.78, 5) is 10.8. The topological polar surface area (TPSA) is 68.0 Å². The fourth-order valence-corrected chi connectivity index (χ4v) is 1.91. The third kappa shape index (κ3) is 2.36. The Balaban J connectivity index is 2.31. The van der Waals surface area contributed by atoms with Gasteiger partial charge in [-0.25, -0.2) is 9.48 Å². The molecule has 0 aliphatic rings. The van der Waals surface area contributed by atoms with Crippen molar-refractivity contribution in [1.82, 2.24) is 15.0 Å². The first-order chi connectivity index (χ1) is 8.09. The number of benzene rings is 1. The highest BCUT2D eigenvalue weighted by molar-refractivity contribution is 9.10. The first kappa shape index (κ1) is 11.8. The molecule has 0 radical (unpaired) electrons. The predicted octanol–water partition coefficient (Wildman–Crippen LogP) is 2.10. The Hall–Kier alpha value is -1.69. The van der Waals surface area contributed by atoms with Crippen LogP contribution in [0.25, 0.3) is 0 Å². The molecule has 0 atom stereocenters. The Morgan fingerprint density at radius 1 is 1.47 bits per heavy atom. The molecule has 0 amide bonds. The van der Waals surface area contributed by atoms with E-state index in [2.05, 4.69) is 26.2 Å². The summed E-state index contributed by atoms with van der Waals surface area (Å²) in [5.41, 5.74) is 1.57. The summed E-state index contributed by atoms with van der Waals surface area (Å²) in [6.07, 6.45) is 0. The molecule has 6 heteroatoms. The smallest absolute Gasteiger partial charge is 0.358 e. The van der Waals surface area contributed by atoms with Crippen molar-refractivity contribution in [2.45, 2.75) is 13.5 Å². The van der Waals surface area contributed by atoms with Crippen LogP contribution in [0.4, 0.5) is 0 Å². The molecule has 5 nitrogen and oxygen atoms in total. The summed E-state index contributed by atoms with van der Waals surface area (Å²) in [5, 5.41) is 16.4. The first-order valence-corrected chi connectivity index (χ1v) is 5.75. The molecule has 1 aromatic heterocycles. The van der Waals surface area contributed by atoms with Gasteiger partial charge in [0.2, 0.25) is 0 Å². The van der Waals surface area contributed by atoms with Crippen molar-refractivity contribution in [3.63, 3.8) is 0 Å². The standard InChI is InChI=1S/C11H10BrN3O2/c1-7-10(11(16)17)13-14-15(7)6-8-4-2-3-5-9(8)12/h2-5H,6H2,1H3,(H,16,17). The van der Waals surface area contributed by atoms with Gasteiger partial charge in [0.1, 0.15) is 0 Å². The number of carboxylic acids is 1. The molecule has 1 heterocycles. The Bertz CT molecular complexity index is 566. The molecular formula is C11H10BrN3O2. The van der Waals surface area contributed by atoms with Gasteiger partial charge < -0.3 is 5.11 Å². The molecule has 88 valence electrons. The van der Waals surface area contributed by atoms with Crippen molar-refractivity contribution in [3.05, 3.63) is 45.7 Å². The van der Waals surface area contributed by atoms with E-state index < -0.39 is 5.97 Å². The predicted molar refractivity (Wildman–Crippen MR) is 65.0 cm³/mol. The van der Waals surface area contributed by atoms with Gasteiger partial charge in [-0.05, 0) is 18.6 Å². The van der Waals surface area contributed by atoms with Gasteiger partial charge in [0, 0.05) is 4.47 Å². The summed E-state index contributed by atoms with van der Waals surface area (Å²) in [6.45, 7) is 2.19. The number of carbonyl (C=O) groups is 1. The Morgan fingerprint density at radius 3 is 2.76 bits per heavy atom. The summed E-state index contributed by atoms with van der Waals surface area (Å²) in [7, 11) is 0. The van der Waals surface area contributed by atoms with E-state index in [4.69, 9.17) is 5.11 Å². The zero-order valence-electron chi connectivity index (χ0n) is 9.09. The third-order valence-corrected chi connectivity index (χ3v) is 3.24. The lowest BCUT2D eigenvalue weighted by molar-refractivity contribution is 0.0689. The normalized spacial score (nSPS) is 10.5. The first-order valence-electron chi connectivity index (χ1n) is 4.96. The van der Waals surface area contributed by atoms with Gasteiger partial charge in [0.25, 0.3) is 0 Å². The lowest BCUT2D eigenvalue weighted by Gasteiger charge is -2.05. The fourth-order valence-electron chi connectivity index (χ4n) is 1.50. The second-order valence-corrected chi connectivity index (χ2v) is 4.43. The lowest BCUT2D eigenvalue weighted by atomic mass is 10.2. The summed E-state index contributed by atoms with van der Waals surface area (Å²) >= 11 is 3.44. The van der Waals surface area contributed by atoms with Crippen molar-refractivity contribution in [1.29, 1.82) is 0 Å². The van der Waals surface area contributed by atoms with Crippen LogP contribution in [0.15, 0.2) is 28.7 Å². The van der Waals surface area contributed by atoms with Crippen molar-refractivity contribution in [2.24, 2.45) is 0 Å². The largest absolute Gasteiger partial charge is 0.476 e. The SMILES string of the molecule is Cc1c(C(=O)O)nnn1Cc1ccccc1Br. The van der Waals surface area contributed by atoms with E-state index in [0.29, 0.717) is 12.2 Å². The van der Waals surface area contributed by atoms with Crippen LogP contribution in [0.2, 0.25) is 0 Å². The molecule has 17 heavy (non-hydrogen) atoms. The molecule has 1 aromatic carbocycles. The summed E-state index contributed by atoms with van der Waals surface area (Å²) in [5.74, 6) is -1.05. The van der Waals surface area contributed by atoms with Gasteiger partial charge >= 0.3 is 5.97 Å². The second-order valence-electron chi connectivity index (χ2n) is 3.58. The third-order valence-electron chi connectivity index (χ3n) is 2.46. The van der Waals surface area contributed by atoms with Crippen LogP contribution in [0, 0.1) is 6.92 Å². The monoisotopic (exact) mass is 295 g/mol. The highest BCUT2D eigenvalue weighted by atomic mass is 79.9. The number of aromatic nitrogens is 3. The fraction of sp³-hybridized carbons (Fsp3) is 0.182. The molecule has 0 spiro atoms. The molecule has 1 N–H and O–H groups in total. The van der Waals surface area contributed by atoms with E-state index >= 15 is 0 Å². The molecule has 0 saturated carbocycles. The van der Waals surface area contributed by atoms with Gasteiger partial charge in [-0.1, -0.05) is 39.3 Å². The van der Waals surface area contributed by atoms with Crippen molar-refractivity contribution in [2.75, 3.05) is 0 Å². The molecule has 0 aliphatic heterocycles. The van der Waals surface area contributed by atoms with E-state index in [1.165, 1.54) is 0 Å². The van der Waals surface area contributed by atoms with E-state index in [-0.39, 0.29) is 5.69 Å². The van der Waals surface area contributed by atoms with E-state index in [9.17, 15) is 4.79 Å². The molecule has 0 bridgehead atoms. The molecule has 2 aromatic rings. The molecule has 2 rings (SSSR count). The van der Waals surface area contributed by atoms with Crippen LogP contribution in [0.3, 0.4) is 0 Å². The molecular weight excluding hydrogens is 286 g/mol. The van der Waals surface area contributed by atoms with Crippen LogP contribution in [0.1, 0.15) is 21.7 Å². The number of carboxylic acid groups (broad SMARTS) is 1. The zero-order chi connectivity index (χ0) is 12.4. The maximum absolute atomic E-state index is 10.8. The van der Waals surface area contributed by atoms with Crippen LogP contribution < -0.4 is 0 Å². The molecule has 0 aliphatic carbocycles. The van der Waals surface area contributed by atoms with Crippen LogP contribution in [-0.2, 0) is 6.54 Å². The Kier molecular flexibility index (Phi) is 3.23. The average molecular weight is 296 g/mol. The number of rotatable bonds is 3. The van der Waals surface area contributed by atoms with Gasteiger partial charge in [-0.15, -0.1) is 5.10 Å². The van der Waals surface area contributed by atoms with Crippen LogP contribution in [0.5, 0.6) is 0 Å². The molecule has 0 unspecified atom stereocenters. The van der Waals surface area contributed by atoms with E-state index in [0.717, 1.165) is 10.0 Å². The average Bonchev–Trinajstić information content (AvgIpc) is 2.64. The van der Waals surface area contributed by atoms with E-state index in [1.54, 1.807) is 11.6 Å². The molecule has 0 fully saturated rings. The quantitative estimate of drug-likeness (QED) is 0.941. The highest BCUT2D eigenvalue weighted by Crippen LogP contribution is 2.17. The van der Waals surface area contributed by atoms with Crippen molar-refractivity contribution >= 4 is 21.9 Å². The second kappa shape index (κ2) is 4.67. The molecule has 0 saturated heterocycles. The van der Waals surface area contributed by atoms with Crippen LogP contribution in [-0.4, -0.2) is 26.1 Å². The lowest BCUT2D eigenvalue weighted by Crippen LogP contribution is -2.06. The highest BCUT2D eigenvalue weighted by Gasteiger charge is 2.15. The van der Waals surface area contributed by atoms with Crippen molar-refractivity contribution < 1.29 is 9.90 Å². The van der Waals surface area contributed by atoms with Gasteiger partial charge in [0.15, 0.2) is 5.69 Å². The number of hydrogen-bond acceptors (Lipinski definition) is 3. The minimum absolute atomic E-state index is 0.00273. The minimum atomic E-state index is -1.05. The summed E-state index contributed by atoms with van der Waals surface area (Å²) in [6, 6.07) is 7.72. The number of aromatic carboxylic acids is 1. The van der Waals surface area contributed by atoms with Gasteiger partial charge in [0.05, 0.1) is 12.2 Å². The van der Waals surface area contributed by atoms with Crippen molar-refractivity contribution in [3.8, 4) is 0 Å². The van der Waals surface area contributed by atoms with Crippen LogP contribution >= 0.6 is 15.9 Å². The van der Waals surface area contributed by atoms with Gasteiger partial charge in [-0.3, -0.25) is 0 Å². The van der Waals surface area contributed by atoms with Gasteiger partial charge in [-0.2, -0.15) is 0 Å². The number of nitrogens with zero attached hydrogens (tertiary/aromatic N) is 3. The maximum atomic E-state index is 10.8. The zero-order valence-corrected chi connectivity index (χ0v) is 10.7. The summed E-state index contributed by atoms with van der Waals surface area (Å²) < 4.78 is 2.54. The Morgan fingerprint density at radius 2 is 2.18 bits per heavy atom.